The van der Waals surface area contributed by atoms with Crippen LogP contribution in [0.5, 0.6) is 0 Å². The topological polar surface area (TPSA) is 84.5 Å². The molecule has 0 fully saturated rings. The van der Waals surface area contributed by atoms with Crippen molar-refractivity contribution in [1.29, 1.82) is 0 Å². The molecule has 2 aromatic carbocycles. The van der Waals surface area contributed by atoms with E-state index in [4.69, 9.17) is 4.74 Å². The van der Waals surface area contributed by atoms with Crippen LogP contribution in [-0.2, 0) is 14.8 Å². The average molecular weight is 348 g/mol. The van der Waals surface area contributed by atoms with Gasteiger partial charge in [0.2, 0.25) is 0 Å². The summed E-state index contributed by atoms with van der Waals surface area (Å²) in [4.78, 5) is 12.3. The van der Waals surface area contributed by atoms with E-state index in [9.17, 15) is 13.2 Å². The number of methoxy groups -OCH3 is 1. The van der Waals surface area contributed by atoms with Gasteiger partial charge in [0.05, 0.1) is 11.5 Å². The van der Waals surface area contributed by atoms with Crippen LogP contribution in [0.4, 0.5) is 5.69 Å². The molecule has 0 aliphatic carbocycles. The van der Waals surface area contributed by atoms with Crippen LogP contribution in [0.2, 0.25) is 0 Å². The Morgan fingerprint density at radius 2 is 1.83 bits per heavy atom. The standard InChI is InChI=1S/C17H20N2O4S/c1-13(12-23-2)18-17(20)14-7-6-8-15(11-14)19-24(21,22)16-9-4-3-5-10-16/h3-11,13,19H,12H2,1-2H3,(H,18,20). The molecule has 7 heteroatoms. The Hall–Kier alpha value is -2.38. The number of ether oxygens (including phenoxy) is 1. The fourth-order valence-electron chi connectivity index (χ4n) is 2.14. The molecule has 0 radical (unpaired) electrons. The lowest BCUT2D eigenvalue weighted by Gasteiger charge is -2.13. The van der Waals surface area contributed by atoms with Gasteiger partial charge >= 0.3 is 0 Å². The molecule has 0 aliphatic rings. The number of carbonyl (C=O) groups excluding carboxylic acids is 1. The fraction of sp³-hybridized carbons (Fsp3) is 0.235. The van der Waals surface area contributed by atoms with Crippen LogP contribution in [0, 0.1) is 0 Å². The van der Waals surface area contributed by atoms with Crippen molar-refractivity contribution in [2.45, 2.75) is 17.9 Å². The van der Waals surface area contributed by atoms with E-state index < -0.39 is 10.0 Å². The Labute approximate surface area is 141 Å². The van der Waals surface area contributed by atoms with Crippen molar-refractivity contribution in [3.8, 4) is 0 Å². The van der Waals surface area contributed by atoms with Gasteiger partial charge in [0, 0.05) is 24.4 Å². The number of nitrogens with one attached hydrogen (secondary N) is 2. The van der Waals surface area contributed by atoms with Crippen LogP contribution >= 0.6 is 0 Å². The van der Waals surface area contributed by atoms with E-state index in [0.29, 0.717) is 17.9 Å². The number of benzene rings is 2. The van der Waals surface area contributed by atoms with E-state index in [0.717, 1.165) is 0 Å². The molecule has 0 aromatic heterocycles. The Morgan fingerprint density at radius 3 is 2.50 bits per heavy atom. The van der Waals surface area contributed by atoms with E-state index in [-0.39, 0.29) is 16.8 Å². The summed E-state index contributed by atoms with van der Waals surface area (Å²) in [5.74, 6) is -0.291. The Morgan fingerprint density at radius 1 is 1.12 bits per heavy atom. The predicted octanol–water partition coefficient (Wildman–Crippen LogP) is 2.25. The van der Waals surface area contributed by atoms with E-state index in [1.807, 2.05) is 6.92 Å². The van der Waals surface area contributed by atoms with E-state index >= 15 is 0 Å². The van der Waals surface area contributed by atoms with E-state index in [1.165, 1.54) is 18.2 Å². The van der Waals surface area contributed by atoms with Gasteiger partial charge in [-0.1, -0.05) is 24.3 Å². The number of anilines is 1. The monoisotopic (exact) mass is 348 g/mol. The summed E-state index contributed by atoms with van der Waals surface area (Å²) in [6.07, 6.45) is 0. The molecule has 6 nitrogen and oxygen atoms in total. The van der Waals surface area contributed by atoms with Crippen LogP contribution in [-0.4, -0.2) is 34.1 Å². The van der Waals surface area contributed by atoms with Gasteiger partial charge in [-0.15, -0.1) is 0 Å². The second-order valence-electron chi connectivity index (χ2n) is 5.33. The summed E-state index contributed by atoms with van der Waals surface area (Å²) in [7, 11) is -2.13. The molecule has 0 spiro atoms. The number of hydrogen-bond acceptors (Lipinski definition) is 4. The highest BCUT2D eigenvalue weighted by Crippen LogP contribution is 2.17. The smallest absolute Gasteiger partial charge is 0.261 e. The summed E-state index contributed by atoms with van der Waals surface area (Å²) >= 11 is 0. The minimum absolute atomic E-state index is 0.146. The van der Waals surface area contributed by atoms with Gasteiger partial charge in [0.25, 0.3) is 15.9 Å². The summed E-state index contributed by atoms with van der Waals surface area (Å²) in [6.45, 7) is 2.22. The number of rotatable bonds is 7. The van der Waals surface area contributed by atoms with Gasteiger partial charge < -0.3 is 10.1 Å². The molecular weight excluding hydrogens is 328 g/mol. The SMILES string of the molecule is COCC(C)NC(=O)c1cccc(NS(=O)(=O)c2ccccc2)c1. The van der Waals surface area contributed by atoms with Crippen molar-refractivity contribution in [2.75, 3.05) is 18.4 Å². The van der Waals surface area contributed by atoms with Gasteiger partial charge in [-0.25, -0.2) is 8.42 Å². The Balaban J connectivity index is 2.14. The van der Waals surface area contributed by atoms with Crippen molar-refractivity contribution in [3.63, 3.8) is 0 Å². The van der Waals surface area contributed by atoms with Crippen molar-refractivity contribution in [1.82, 2.24) is 5.32 Å². The lowest BCUT2D eigenvalue weighted by molar-refractivity contribution is 0.0905. The third-order valence-corrected chi connectivity index (χ3v) is 4.62. The highest BCUT2D eigenvalue weighted by molar-refractivity contribution is 7.92. The Bertz CT molecular complexity index is 791. The summed E-state index contributed by atoms with van der Waals surface area (Å²) < 4.78 is 32.1. The second kappa shape index (κ2) is 7.94. The molecule has 24 heavy (non-hydrogen) atoms. The first kappa shape index (κ1) is 18.0. The van der Waals surface area contributed by atoms with Crippen LogP contribution < -0.4 is 10.0 Å². The zero-order valence-electron chi connectivity index (χ0n) is 13.5. The molecular formula is C17H20N2O4S. The first-order valence-corrected chi connectivity index (χ1v) is 8.88. The molecule has 0 saturated heterocycles. The molecule has 0 bridgehead atoms. The highest BCUT2D eigenvalue weighted by atomic mass is 32.2. The molecule has 1 unspecified atom stereocenters. The van der Waals surface area contributed by atoms with Gasteiger partial charge in [-0.2, -0.15) is 0 Å². The molecule has 128 valence electrons. The zero-order chi connectivity index (χ0) is 17.6. The zero-order valence-corrected chi connectivity index (χ0v) is 14.3. The fourth-order valence-corrected chi connectivity index (χ4v) is 3.21. The summed E-state index contributed by atoms with van der Waals surface area (Å²) in [6, 6.07) is 14.2. The average Bonchev–Trinajstić information content (AvgIpc) is 2.55. The number of amides is 1. The first-order chi connectivity index (χ1) is 11.4. The van der Waals surface area contributed by atoms with Crippen LogP contribution in [0.25, 0.3) is 0 Å². The maximum atomic E-state index is 12.3. The quantitative estimate of drug-likeness (QED) is 0.804. The van der Waals surface area contributed by atoms with Crippen molar-refractivity contribution in [2.24, 2.45) is 0 Å². The van der Waals surface area contributed by atoms with Crippen LogP contribution in [0.3, 0.4) is 0 Å². The van der Waals surface area contributed by atoms with Gasteiger partial charge in [-0.05, 0) is 37.3 Å². The van der Waals surface area contributed by atoms with Crippen LogP contribution in [0.1, 0.15) is 17.3 Å². The van der Waals surface area contributed by atoms with Crippen molar-refractivity contribution in [3.05, 3.63) is 60.2 Å². The van der Waals surface area contributed by atoms with Crippen molar-refractivity contribution < 1.29 is 17.9 Å². The number of hydrogen-bond donors (Lipinski definition) is 2. The Kier molecular flexibility index (Phi) is 5.94. The summed E-state index contributed by atoms with van der Waals surface area (Å²) in [5.41, 5.74) is 0.692. The second-order valence-corrected chi connectivity index (χ2v) is 7.01. The predicted molar refractivity (Wildman–Crippen MR) is 92.5 cm³/mol. The van der Waals surface area contributed by atoms with E-state index in [1.54, 1.807) is 43.5 Å². The third kappa shape index (κ3) is 4.81. The number of carbonyl (C=O) groups is 1. The molecule has 1 amide bonds. The van der Waals surface area contributed by atoms with Gasteiger partial charge in [0.15, 0.2) is 0 Å². The lowest BCUT2D eigenvalue weighted by Crippen LogP contribution is -2.35. The molecule has 2 N–H and O–H groups in total. The number of sulfonamides is 1. The molecule has 0 aliphatic heterocycles. The molecule has 0 saturated carbocycles. The van der Waals surface area contributed by atoms with Gasteiger partial charge in [0.1, 0.15) is 0 Å². The molecule has 0 heterocycles. The maximum absolute atomic E-state index is 12.3. The maximum Gasteiger partial charge on any atom is 0.261 e. The van der Waals surface area contributed by atoms with Gasteiger partial charge in [-0.3, -0.25) is 9.52 Å². The minimum atomic E-state index is -3.69. The normalized spacial score (nSPS) is 12.4. The van der Waals surface area contributed by atoms with Crippen LogP contribution in [0.15, 0.2) is 59.5 Å². The van der Waals surface area contributed by atoms with Crippen molar-refractivity contribution >= 4 is 21.6 Å². The molecule has 2 aromatic rings. The van der Waals surface area contributed by atoms with E-state index in [2.05, 4.69) is 10.0 Å². The minimum Gasteiger partial charge on any atom is -0.383 e. The highest BCUT2D eigenvalue weighted by Gasteiger charge is 2.15. The molecule has 2 rings (SSSR count). The summed E-state index contributed by atoms with van der Waals surface area (Å²) in [5, 5.41) is 2.78. The largest absolute Gasteiger partial charge is 0.383 e. The first-order valence-electron chi connectivity index (χ1n) is 7.40. The molecule has 1 atom stereocenters. The lowest BCUT2D eigenvalue weighted by atomic mass is 10.2. The third-order valence-electron chi connectivity index (χ3n) is 3.22.